The van der Waals surface area contributed by atoms with Crippen molar-refractivity contribution in [1.29, 1.82) is 0 Å². The molecule has 0 radical (unpaired) electrons. The number of para-hydroxylation sites is 1. The summed E-state index contributed by atoms with van der Waals surface area (Å²) in [5.41, 5.74) is 2.48. The van der Waals surface area contributed by atoms with Crippen molar-refractivity contribution in [2.24, 2.45) is 0 Å². The fourth-order valence-electron chi connectivity index (χ4n) is 3.19. The second kappa shape index (κ2) is 9.07. The van der Waals surface area contributed by atoms with Crippen molar-refractivity contribution in [2.45, 2.75) is 16.2 Å². The van der Waals surface area contributed by atoms with Gasteiger partial charge in [-0.3, -0.25) is 4.79 Å². The minimum atomic E-state index is 0.0108. The summed E-state index contributed by atoms with van der Waals surface area (Å²) in [5, 5.41) is 4.19. The maximum Gasteiger partial charge on any atom is 0.261 e. The van der Waals surface area contributed by atoms with Gasteiger partial charge in [0.25, 0.3) is 5.91 Å². The highest BCUT2D eigenvalue weighted by molar-refractivity contribution is 7.99. The van der Waals surface area contributed by atoms with E-state index in [2.05, 4.69) is 71.1 Å². The van der Waals surface area contributed by atoms with Gasteiger partial charge in [0, 0.05) is 28.6 Å². The van der Waals surface area contributed by atoms with E-state index in [0.29, 0.717) is 6.54 Å². The van der Waals surface area contributed by atoms with E-state index in [1.165, 1.54) is 21.0 Å². The Kier molecular flexibility index (Phi) is 6.29. The predicted octanol–water partition coefficient (Wildman–Crippen LogP) is 5.69. The van der Waals surface area contributed by atoms with Crippen LogP contribution in [0.5, 0.6) is 0 Å². The van der Waals surface area contributed by atoms with Gasteiger partial charge in [0.2, 0.25) is 0 Å². The monoisotopic (exact) mass is 426 g/mol. The molecular formula is C22H22N2OS3. The molecule has 1 N–H and O–H groups in total. The molecule has 0 atom stereocenters. The normalized spacial score (nSPS) is 13.2. The SMILES string of the molecule is CSc1ccc(CCNC(=O)c2ccc(N3CCSc4ccccc43)s2)cc1. The quantitative estimate of drug-likeness (QED) is 0.514. The molecule has 0 saturated carbocycles. The van der Waals surface area contributed by atoms with Crippen LogP contribution in [0.3, 0.4) is 0 Å². The van der Waals surface area contributed by atoms with E-state index < -0.39 is 0 Å². The van der Waals surface area contributed by atoms with Gasteiger partial charge in [-0.2, -0.15) is 0 Å². The Bertz CT molecular complexity index is 952. The molecule has 3 nitrogen and oxygen atoms in total. The first-order valence-corrected chi connectivity index (χ1v) is 12.3. The van der Waals surface area contributed by atoms with Crippen LogP contribution >= 0.6 is 34.9 Å². The zero-order valence-corrected chi connectivity index (χ0v) is 18.1. The number of carbonyl (C=O) groups is 1. The van der Waals surface area contributed by atoms with Crippen LogP contribution in [0.2, 0.25) is 0 Å². The van der Waals surface area contributed by atoms with E-state index in [0.717, 1.165) is 28.6 Å². The van der Waals surface area contributed by atoms with Gasteiger partial charge in [-0.1, -0.05) is 24.3 Å². The smallest absolute Gasteiger partial charge is 0.261 e. The van der Waals surface area contributed by atoms with E-state index in [-0.39, 0.29) is 5.91 Å². The van der Waals surface area contributed by atoms with Gasteiger partial charge in [0.15, 0.2) is 0 Å². The van der Waals surface area contributed by atoms with Crippen molar-refractivity contribution >= 4 is 51.5 Å². The van der Waals surface area contributed by atoms with Crippen LogP contribution < -0.4 is 10.2 Å². The van der Waals surface area contributed by atoms with Gasteiger partial charge in [-0.05, 0) is 54.6 Å². The third-order valence-corrected chi connectivity index (χ3v) is 7.56. The fraction of sp³-hybridized carbons (Fsp3) is 0.227. The van der Waals surface area contributed by atoms with Crippen LogP contribution in [-0.2, 0) is 6.42 Å². The number of anilines is 2. The number of nitrogens with zero attached hydrogens (tertiary/aromatic N) is 1. The molecule has 1 aliphatic heterocycles. The van der Waals surface area contributed by atoms with E-state index in [9.17, 15) is 4.79 Å². The number of carbonyl (C=O) groups excluding carboxylic acids is 1. The molecular weight excluding hydrogens is 404 g/mol. The molecule has 3 aromatic rings. The zero-order chi connectivity index (χ0) is 19.3. The molecule has 0 unspecified atom stereocenters. The molecule has 2 heterocycles. The number of hydrogen-bond acceptors (Lipinski definition) is 5. The first-order valence-electron chi connectivity index (χ1n) is 9.25. The Hall–Kier alpha value is -1.89. The molecule has 0 spiro atoms. The molecule has 1 amide bonds. The van der Waals surface area contributed by atoms with Gasteiger partial charge in [-0.15, -0.1) is 34.9 Å². The minimum absolute atomic E-state index is 0.0108. The first-order chi connectivity index (χ1) is 13.7. The molecule has 2 aromatic carbocycles. The maximum atomic E-state index is 12.6. The Balaban J connectivity index is 1.37. The number of amides is 1. The number of nitrogens with one attached hydrogen (secondary N) is 1. The summed E-state index contributed by atoms with van der Waals surface area (Å²) in [6.07, 6.45) is 2.92. The molecule has 144 valence electrons. The van der Waals surface area contributed by atoms with Crippen molar-refractivity contribution in [3.63, 3.8) is 0 Å². The summed E-state index contributed by atoms with van der Waals surface area (Å²) in [5.74, 6) is 1.07. The number of thiophene rings is 1. The zero-order valence-electron chi connectivity index (χ0n) is 15.7. The maximum absolute atomic E-state index is 12.6. The van der Waals surface area contributed by atoms with Crippen LogP contribution in [0.15, 0.2) is 70.5 Å². The highest BCUT2D eigenvalue weighted by atomic mass is 32.2. The third-order valence-electron chi connectivity index (χ3n) is 4.67. The van der Waals surface area contributed by atoms with Crippen molar-refractivity contribution < 1.29 is 4.79 Å². The Morgan fingerprint density at radius 1 is 1.11 bits per heavy atom. The number of thioether (sulfide) groups is 2. The predicted molar refractivity (Wildman–Crippen MR) is 123 cm³/mol. The van der Waals surface area contributed by atoms with Gasteiger partial charge in [0.1, 0.15) is 0 Å². The number of fused-ring (bicyclic) bond motifs is 1. The molecule has 1 aliphatic rings. The fourth-order valence-corrected chi connectivity index (χ4v) is 5.56. The van der Waals surface area contributed by atoms with Crippen molar-refractivity contribution in [3.05, 3.63) is 71.1 Å². The molecule has 0 bridgehead atoms. The van der Waals surface area contributed by atoms with Gasteiger partial charge >= 0.3 is 0 Å². The van der Waals surface area contributed by atoms with Gasteiger partial charge in [-0.25, -0.2) is 0 Å². The summed E-state index contributed by atoms with van der Waals surface area (Å²) < 4.78 is 0. The van der Waals surface area contributed by atoms with Gasteiger partial charge in [0.05, 0.1) is 15.6 Å². The van der Waals surface area contributed by atoms with Crippen molar-refractivity contribution in [2.75, 3.05) is 30.0 Å². The lowest BCUT2D eigenvalue weighted by Gasteiger charge is -2.29. The lowest BCUT2D eigenvalue weighted by molar-refractivity contribution is 0.0958. The molecule has 1 aromatic heterocycles. The molecule has 4 rings (SSSR count). The van der Waals surface area contributed by atoms with E-state index in [1.807, 2.05) is 17.8 Å². The highest BCUT2D eigenvalue weighted by Gasteiger charge is 2.20. The minimum Gasteiger partial charge on any atom is -0.351 e. The van der Waals surface area contributed by atoms with Crippen molar-refractivity contribution in [3.8, 4) is 0 Å². The van der Waals surface area contributed by atoms with Crippen molar-refractivity contribution in [1.82, 2.24) is 5.32 Å². The van der Waals surface area contributed by atoms with Crippen LogP contribution in [0, 0.1) is 0 Å². The first kappa shape index (κ1) is 19.4. The molecule has 0 fully saturated rings. The van der Waals surface area contributed by atoms with Crippen LogP contribution in [0.25, 0.3) is 0 Å². The number of benzene rings is 2. The average molecular weight is 427 g/mol. The van der Waals surface area contributed by atoms with Crippen LogP contribution in [0.4, 0.5) is 10.7 Å². The largest absolute Gasteiger partial charge is 0.351 e. The summed E-state index contributed by atoms with van der Waals surface area (Å²) in [6, 6.07) is 21.0. The Labute approximate surface area is 178 Å². The summed E-state index contributed by atoms with van der Waals surface area (Å²) >= 11 is 5.20. The lowest BCUT2D eigenvalue weighted by atomic mass is 10.1. The molecule has 28 heavy (non-hydrogen) atoms. The second-order valence-electron chi connectivity index (χ2n) is 6.46. The molecule has 6 heteroatoms. The summed E-state index contributed by atoms with van der Waals surface area (Å²) in [4.78, 5) is 18.2. The lowest BCUT2D eigenvalue weighted by Crippen LogP contribution is -2.25. The third kappa shape index (κ3) is 4.40. The van der Waals surface area contributed by atoms with Crippen LogP contribution in [0.1, 0.15) is 15.2 Å². The van der Waals surface area contributed by atoms with Gasteiger partial charge < -0.3 is 10.2 Å². The standard InChI is InChI=1S/C22H22N2OS3/c1-26-17-8-6-16(7-9-17)12-13-23-22(25)20-10-11-21(28-20)24-14-15-27-19-5-3-2-4-18(19)24/h2-11H,12-15H2,1H3,(H,23,25). The highest BCUT2D eigenvalue weighted by Crippen LogP contribution is 2.41. The molecule has 0 saturated heterocycles. The second-order valence-corrected chi connectivity index (χ2v) is 9.54. The van der Waals surface area contributed by atoms with E-state index >= 15 is 0 Å². The summed E-state index contributed by atoms with van der Waals surface area (Å²) in [7, 11) is 0. The summed E-state index contributed by atoms with van der Waals surface area (Å²) in [6.45, 7) is 1.61. The number of hydrogen-bond donors (Lipinski definition) is 1. The van der Waals surface area contributed by atoms with E-state index in [4.69, 9.17) is 0 Å². The average Bonchev–Trinajstić information content (AvgIpc) is 3.24. The molecule has 0 aliphatic carbocycles. The Morgan fingerprint density at radius 3 is 2.75 bits per heavy atom. The topological polar surface area (TPSA) is 32.3 Å². The Morgan fingerprint density at radius 2 is 1.93 bits per heavy atom. The number of rotatable bonds is 6. The van der Waals surface area contributed by atoms with E-state index in [1.54, 1.807) is 23.1 Å². The van der Waals surface area contributed by atoms with Crippen LogP contribution in [-0.4, -0.2) is 31.0 Å².